The molecule has 1 aliphatic rings. The van der Waals surface area contributed by atoms with E-state index < -0.39 is 0 Å². The highest BCUT2D eigenvalue weighted by Gasteiger charge is 2.51. The third-order valence-electron chi connectivity index (χ3n) is 4.56. The van der Waals surface area contributed by atoms with Crippen molar-refractivity contribution in [3.63, 3.8) is 0 Å². The van der Waals surface area contributed by atoms with Gasteiger partial charge in [0.1, 0.15) is 5.75 Å². The van der Waals surface area contributed by atoms with E-state index in [0.29, 0.717) is 0 Å². The van der Waals surface area contributed by atoms with E-state index in [-0.39, 0.29) is 11.5 Å². The van der Waals surface area contributed by atoms with Crippen molar-refractivity contribution in [3.05, 3.63) is 26.7 Å². The van der Waals surface area contributed by atoms with Gasteiger partial charge >= 0.3 is 0 Å². The molecule has 0 spiro atoms. The van der Waals surface area contributed by atoms with Gasteiger partial charge in [-0.05, 0) is 57.4 Å². The van der Waals surface area contributed by atoms with Gasteiger partial charge in [0.15, 0.2) is 0 Å². The molecule has 1 aromatic rings. The SMILES string of the molecule is CNC(c1c(C)c(Br)c(C)c(C)c1OC)C1(C#N)CC1. The van der Waals surface area contributed by atoms with Crippen LogP contribution in [0.2, 0.25) is 0 Å². The van der Waals surface area contributed by atoms with E-state index in [9.17, 15) is 5.26 Å². The monoisotopic (exact) mass is 336 g/mol. The summed E-state index contributed by atoms with van der Waals surface area (Å²) in [6.07, 6.45) is 1.89. The molecule has 3 nitrogen and oxygen atoms in total. The molecule has 0 amide bonds. The van der Waals surface area contributed by atoms with E-state index in [1.165, 1.54) is 5.56 Å². The number of nitrogens with one attached hydrogen (secondary N) is 1. The Balaban J connectivity index is 2.70. The average molecular weight is 337 g/mol. The van der Waals surface area contributed by atoms with Gasteiger partial charge in [-0.15, -0.1) is 0 Å². The summed E-state index contributed by atoms with van der Waals surface area (Å²) in [6, 6.07) is 2.51. The number of hydrogen-bond donors (Lipinski definition) is 1. The molecular formula is C16H21BrN2O. The first-order valence-corrected chi connectivity index (χ1v) is 7.64. The molecule has 1 atom stereocenters. The van der Waals surface area contributed by atoms with Crippen LogP contribution in [0, 0.1) is 37.5 Å². The minimum Gasteiger partial charge on any atom is -0.496 e. The number of methoxy groups -OCH3 is 1. The number of benzene rings is 1. The maximum Gasteiger partial charge on any atom is 0.127 e. The van der Waals surface area contributed by atoms with Crippen molar-refractivity contribution in [2.45, 2.75) is 39.7 Å². The molecule has 4 heteroatoms. The van der Waals surface area contributed by atoms with E-state index in [4.69, 9.17) is 4.74 Å². The quantitative estimate of drug-likeness (QED) is 0.905. The summed E-state index contributed by atoms with van der Waals surface area (Å²) in [6.45, 7) is 6.25. The summed E-state index contributed by atoms with van der Waals surface area (Å²) < 4.78 is 6.78. The Morgan fingerprint density at radius 1 is 1.25 bits per heavy atom. The third kappa shape index (κ3) is 2.13. The molecule has 0 radical (unpaired) electrons. The molecule has 1 aliphatic carbocycles. The predicted molar refractivity (Wildman–Crippen MR) is 84.0 cm³/mol. The number of rotatable bonds is 4. The molecule has 0 saturated heterocycles. The van der Waals surface area contributed by atoms with Gasteiger partial charge in [0.25, 0.3) is 0 Å². The van der Waals surface area contributed by atoms with Gasteiger partial charge in [-0.1, -0.05) is 15.9 Å². The molecule has 0 aromatic heterocycles. The normalized spacial score (nSPS) is 17.4. The Morgan fingerprint density at radius 2 is 1.85 bits per heavy atom. The van der Waals surface area contributed by atoms with Crippen LogP contribution < -0.4 is 10.1 Å². The zero-order chi connectivity index (χ0) is 15.1. The summed E-state index contributed by atoms with van der Waals surface area (Å²) >= 11 is 3.68. The van der Waals surface area contributed by atoms with E-state index in [1.807, 2.05) is 7.05 Å². The summed E-state index contributed by atoms with van der Waals surface area (Å²) in [5, 5.41) is 12.9. The molecule has 0 bridgehead atoms. The zero-order valence-corrected chi connectivity index (χ0v) is 14.3. The largest absolute Gasteiger partial charge is 0.496 e. The van der Waals surface area contributed by atoms with Crippen LogP contribution in [0.3, 0.4) is 0 Å². The van der Waals surface area contributed by atoms with Gasteiger partial charge in [0.05, 0.1) is 24.6 Å². The van der Waals surface area contributed by atoms with Crippen molar-refractivity contribution in [1.82, 2.24) is 5.32 Å². The third-order valence-corrected chi connectivity index (χ3v) is 5.75. The van der Waals surface area contributed by atoms with Gasteiger partial charge in [0, 0.05) is 10.0 Å². The van der Waals surface area contributed by atoms with Crippen LogP contribution in [0.4, 0.5) is 0 Å². The number of nitrogens with zero attached hydrogens (tertiary/aromatic N) is 1. The van der Waals surface area contributed by atoms with Gasteiger partial charge in [-0.3, -0.25) is 0 Å². The van der Waals surface area contributed by atoms with E-state index >= 15 is 0 Å². The number of nitriles is 1. The molecular weight excluding hydrogens is 316 g/mol. The first-order valence-electron chi connectivity index (χ1n) is 6.85. The molecule has 0 aliphatic heterocycles. The Hall–Kier alpha value is -1.05. The van der Waals surface area contributed by atoms with Gasteiger partial charge in [0.2, 0.25) is 0 Å². The molecule has 20 heavy (non-hydrogen) atoms. The van der Waals surface area contributed by atoms with Crippen LogP contribution in [-0.4, -0.2) is 14.2 Å². The van der Waals surface area contributed by atoms with Gasteiger partial charge in [-0.25, -0.2) is 0 Å². The molecule has 1 fully saturated rings. The van der Waals surface area contributed by atoms with Gasteiger partial charge in [-0.2, -0.15) is 5.26 Å². The highest BCUT2D eigenvalue weighted by atomic mass is 79.9. The summed E-state index contributed by atoms with van der Waals surface area (Å²) in [4.78, 5) is 0. The van der Waals surface area contributed by atoms with Crippen molar-refractivity contribution in [1.29, 1.82) is 5.26 Å². The second kappa shape index (κ2) is 5.38. The second-order valence-corrected chi connectivity index (χ2v) is 6.42. The Labute approximate surface area is 129 Å². The first kappa shape index (κ1) is 15.3. The maximum atomic E-state index is 9.52. The van der Waals surface area contributed by atoms with E-state index in [0.717, 1.165) is 39.8 Å². The van der Waals surface area contributed by atoms with Crippen molar-refractivity contribution in [3.8, 4) is 11.8 Å². The van der Waals surface area contributed by atoms with Crippen molar-refractivity contribution >= 4 is 15.9 Å². The zero-order valence-electron chi connectivity index (χ0n) is 12.7. The Morgan fingerprint density at radius 3 is 2.25 bits per heavy atom. The minimum atomic E-state index is -0.284. The minimum absolute atomic E-state index is 0.0121. The van der Waals surface area contributed by atoms with Crippen LogP contribution in [0.25, 0.3) is 0 Å². The number of ether oxygens (including phenoxy) is 1. The molecule has 1 aromatic carbocycles. The van der Waals surface area contributed by atoms with Crippen molar-refractivity contribution in [2.75, 3.05) is 14.2 Å². The highest BCUT2D eigenvalue weighted by molar-refractivity contribution is 9.10. The smallest absolute Gasteiger partial charge is 0.127 e. The average Bonchev–Trinajstić information content (AvgIpc) is 3.24. The maximum absolute atomic E-state index is 9.52. The van der Waals surface area contributed by atoms with E-state index in [1.54, 1.807) is 7.11 Å². The van der Waals surface area contributed by atoms with E-state index in [2.05, 4.69) is 48.1 Å². The fourth-order valence-corrected chi connectivity index (χ4v) is 3.52. The molecule has 108 valence electrons. The topological polar surface area (TPSA) is 45.0 Å². The fourth-order valence-electron chi connectivity index (χ4n) is 3.01. The molecule has 1 N–H and O–H groups in total. The van der Waals surface area contributed by atoms with Crippen LogP contribution >= 0.6 is 15.9 Å². The fraction of sp³-hybridized carbons (Fsp3) is 0.562. The molecule has 1 saturated carbocycles. The molecule has 2 rings (SSSR count). The summed E-state index contributed by atoms with van der Waals surface area (Å²) in [5.74, 6) is 0.907. The Bertz CT molecular complexity index is 585. The van der Waals surface area contributed by atoms with Crippen LogP contribution in [-0.2, 0) is 0 Å². The lowest BCUT2D eigenvalue weighted by Crippen LogP contribution is -2.27. The van der Waals surface area contributed by atoms with Gasteiger partial charge < -0.3 is 10.1 Å². The van der Waals surface area contributed by atoms with Crippen LogP contribution in [0.1, 0.15) is 41.1 Å². The van der Waals surface area contributed by atoms with Crippen LogP contribution in [0.5, 0.6) is 5.75 Å². The summed E-state index contributed by atoms with van der Waals surface area (Å²) in [5.41, 5.74) is 4.32. The van der Waals surface area contributed by atoms with Crippen LogP contribution in [0.15, 0.2) is 4.47 Å². The lowest BCUT2D eigenvalue weighted by Gasteiger charge is -2.28. The number of hydrogen-bond acceptors (Lipinski definition) is 3. The summed E-state index contributed by atoms with van der Waals surface area (Å²) in [7, 11) is 3.63. The molecule has 0 heterocycles. The lowest BCUT2D eigenvalue weighted by molar-refractivity contribution is 0.376. The highest BCUT2D eigenvalue weighted by Crippen LogP contribution is 2.57. The van der Waals surface area contributed by atoms with Crippen molar-refractivity contribution < 1.29 is 4.74 Å². The second-order valence-electron chi connectivity index (χ2n) is 5.63. The number of halogens is 1. The van der Waals surface area contributed by atoms with Crippen molar-refractivity contribution in [2.24, 2.45) is 5.41 Å². The lowest BCUT2D eigenvalue weighted by atomic mass is 9.85. The Kier molecular flexibility index (Phi) is 4.13. The molecule has 1 unspecified atom stereocenters. The standard InChI is InChI=1S/C16H21BrN2O/c1-9-10(2)14(20-5)12(11(3)13(9)17)15(19-4)16(8-18)6-7-16/h15,19H,6-7H2,1-5H3. The predicted octanol–water partition coefficient (Wildman–Crippen LogP) is 3.95. The first-order chi connectivity index (χ1) is 9.43.